The third-order valence-electron chi connectivity index (χ3n) is 4.77. The molecule has 148 valence electrons. The van der Waals surface area contributed by atoms with Gasteiger partial charge in [0.15, 0.2) is 0 Å². The highest BCUT2D eigenvalue weighted by molar-refractivity contribution is 5.95. The fourth-order valence-electron chi connectivity index (χ4n) is 3.29. The van der Waals surface area contributed by atoms with E-state index in [4.69, 9.17) is 4.74 Å². The lowest BCUT2D eigenvalue weighted by Crippen LogP contribution is -2.47. The molecule has 7 heteroatoms. The van der Waals surface area contributed by atoms with Gasteiger partial charge in [0.1, 0.15) is 5.75 Å². The number of carbonyl (C=O) groups is 3. The van der Waals surface area contributed by atoms with Crippen LogP contribution in [0.4, 0.5) is 5.69 Å². The minimum Gasteiger partial charge on any atom is -0.497 e. The molecule has 0 atom stereocenters. The summed E-state index contributed by atoms with van der Waals surface area (Å²) >= 11 is 0. The number of amides is 3. The van der Waals surface area contributed by atoms with Crippen molar-refractivity contribution in [3.8, 4) is 5.75 Å². The van der Waals surface area contributed by atoms with Crippen LogP contribution >= 0.6 is 0 Å². The summed E-state index contributed by atoms with van der Waals surface area (Å²) < 4.78 is 5.07. The molecule has 1 aromatic rings. The van der Waals surface area contributed by atoms with E-state index in [2.05, 4.69) is 10.6 Å². The van der Waals surface area contributed by atoms with E-state index in [1.54, 1.807) is 43.2 Å². The molecule has 3 amide bonds. The van der Waals surface area contributed by atoms with E-state index in [-0.39, 0.29) is 36.9 Å². The summed E-state index contributed by atoms with van der Waals surface area (Å²) in [6.45, 7) is 1.68. The Morgan fingerprint density at radius 3 is 2.33 bits per heavy atom. The van der Waals surface area contributed by atoms with Crippen molar-refractivity contribution in [2.75, 3.05) is 25.5 Å². The Morgan fingerprint density at radius 1 is 1.07 bits per heavy atom. The zero-order chi connectivity index (χ0) is 19.6. The molecular weight excluding hydrogens is 346 g/mol. The second-order valence-corrected chi connectivity index (χ2v) is 6.72. The number of carbonyl (C=O) groups excluding carboxylic acids is 3. The molecule has 1 saturated carbocycles. The lowest BCUT2D eigenvalue weighted by Gasteiger charge is -2.33. The van der Waals surface area contributed by atoms with E-state index >= 15 is 0 Å². The van der Waals surface area contributed by atoms with Gasteiger partial charge in [-0.2, -0.15) is 0 Å². The SMILES string of the molecule is CCC(=O)N(CC(=O)NCC(=O)Nc1ccc(OC)cc1)C1CCCCC1. The maximum atomic E-state index is 12.3. The van der Waals surface area contributed by atoms with Crippen LogP contribution in [0.2, 0.25) is 0 Å². The normalized spacial score (nSPS) is 14.3. The van der Waals surface area contributed by atoms with Crippen LogP contribution < -0.4 is 15.4 Å². The lowest BCUT2D eigenvalue weighted by atomic mass is 9.94. The first kappa shape index (κ1) is 20.7. The first-order valence-electron chi connectivity index (χ1n) is 9.53. The summed E-state index contributed by atoms with van der Waals surface area (Å²) in [7, 11) is 1.57. The zero-order valence-electron chi connectivity index (χ0n) is 16.1. The molecule has 0 unspecified atom stereocenters. The number of hydrogen-bond donors (Lipinski definition) is 2. The van der Waals surface area contributed by atoms with Crippen LogP contribution in [0.5, 0.6) is 5.75 Å². The lowest BCUT2D eigenvalue weighted by molar-refractivity contribution is -0.138. The summed E-state index contributed by atoms with van der Waals surface area (Å²) in [4.78, 5) is 38.2. The average molecular weight is 375 g/mol. The van der Waals surface area contributed by atoms with Crippen molar-refractivity contribution in [3.63, 3.8) is 0 Å². The first-order chi connectivity index (χ1) is 13.0. The van der Waals surface area contributed by atoms with Gasteiger partial charge in [-0.25, -0.2) is 0 Å². The molecule has 1 aliphatic carbocycles. The van der Waals surface area contributed by atoms with E-state index in [1.807, 2.05) is 0 Å². The number of rotatable bonds is 8. The molecule has 0 aliphatic heterocycles. The molecule has 0 bridgehead atoms. The van der Waals surface area contributed by atoms with Crippen molar-refractivity contribution >= 4 is 23.4 Å². The van der Waals surface area contributed by atoms with E-state index < -0.39 is 0 Å². The molecule has 0 radical (unpaired) electrons. The Labute approximate surface area is 160 Å². The molecule has 1 fully saturated rings. The molecule has 1 aromatic carbocycles. The highest BCUT2D eigenvalue weighted by Crippen LogP contribution is 2.23. The van der Waals surface area contributed by atoms with Gasteiger partial charge < -0.3 is 20.3 Å². The van der Waals surface area contributed by atoms with Gasteiger partial charge in [-0.3, -0.25) is 14.4 Å². The molecule has 2 N–H and O–H groups in total. The quantitative estimate of drug-likeness (QED) is 0.730. The van der Waals surface area contributed by atoms with Gasteiger partial charge >= 0.3 is 0 Å². The summed E-state index contributed by atoms with van der Waals surface area (Å²) in [5.74, 6) is 0.0521. The number of ether oxygens (including phenoxy) is 1. The molecular formula is C20H29N3O4. The Kier molecular flexibility index (Phi) is 8.10. The summed E-state index contributed by atoms with van der Waals surface area (Å²) in [5.41, 5.74) is 0.625. The van der Waals surface area contributed by atoms with E-state index in [9.17, 15) is 14.4 Å². The smallest absolute Gasteiger partial charge is 0.243 e. The van der Waals surface area contributed by atoms with Crippen LogP contribution in [0.15, 0.2) is 24.3 Å². The van der Waals surface area contributed by atoms with Gasteiger partial charge in [-0.05, 0) is 37.1 Å². The van der Waals surface area contributed by atoms with Crippen molar-refractivity contribution in [2.45, 2.75) is 51.5 Å². The highest BCUT2D eigenvalue weighted by Gasteiger charge is 2.26. The van der Waals surface area contributed by atoms with E-state index in [0.29, 0.717) is 17.9 Å². The minimum absolute atomic E-state index is 0.00710. The van der Waals surface area contributed by atoms with E-state index in [0.717, 1.165) is 25.7 Å². The number of hydrogen-bond acceptors (Lipinski definition) is 4. The molecule has 0 saturated heterocycles. The van der Waals surface area contributed by atoms with Crippen LogP contribution in [0, 0.1) is 0 Å². The van der Waals surface area contributed by atoms with Crippen molar-refractivity contribution in [2.24, 2.45) is 0 Å². The van der Waals surface area contributed by atoms with Crippen LogP contribution in [0.25, 0.3) is 0 Å². The molecule has 2 rings (SSSR count). The first-order valence-corrected chi connectivity index (χ1v) is 9.53. The highest BCUT2D eigenvalue weighted by atomic mass is 16.5. The van der Waals surface area contributed by atoms with Crippen molar-refractivity contribution < 1.29 is 19.1 Å². The third-order valence-corrected chi connectivity index (χ3v) is 4.77. The van der Waals surface area contributed by atoms with Crippen molar-refractivity contribution in [3.05, 3.63) is 24.3 Å². The van der Waals surface area contributed by atoms with Crippen LogP contribution in [0.3, 0.4) is 0 Å². The van der Waals surface area contributed by atoms with Crippen LogP contribution in [-0.2, 0) is 14.4 Å². The number of nitrogens with one attached hydrogen (secondary N) is 2. The summed E-state index contributed by atoms with van der Waals surface area (Å²) in [6.07, 6.45) is 5.62. The van der Waals surface area contributed by atoms with Crippen LogP contribution in [0.1, 0.15) is 45.4 Å². The number of anilines is 1. The third kappa shape index (κ3) is 6.58. The summed E-state index contributed by atoms with van der Waals surface area (Å²) in [5, 5.41) is 5.31. The topological polar surface area (TPSA) is 87.7 Å². The molecule has 0 heterocycles. The number of nitrogens with zero attached hydrogens (tertiary/aromatic N) is 1. The predicted molar refractivity (Wildman–Crippen MR) is 104 cm³/mol. The maximum absolute atomic E-state index is 12.3. The van der Waals surface area contributed by atoms with E-state index in [1.165, 1.54) is 6.42 Å². The second-order valence-electron chi connectivity index (χ2n) is 6.72. The van der Waals surface area contributed by atoms with Gasteiger partial charge in [-0.15, -0.1) is 0 Å². The molecule has 1 aliphatic rings. The van der Waals surface area contributed by atoms with Crippen molar-refractivity contribution in [1.82, 2.24) is 10.2 Å². The Balaban J connectivity index is 1.81. The monoisotopic (exact) mass is 375 g/mol. The maximum Gasteiger partial charge on any atom is 0.243 e. The molecule has 27 heavy (non-hydrogen) atoms. The Bertz CT molecular complexity index is 639. The number of methoxy groups -OCH3 is 1. The standard InChI is InChI=1S/C20H29N3O4/c1-3-20(26)23(16-7-5-4-6-8-16)14-19(25)21-13-18(24)22-15-9-11-17(27-2)12-10-15/h9-12,16H,3-8,13-14H2,1-2H3,(H,21,25)(H,22,24). The van der Waals surface area contributed by atoms with Crippen LogP contribution in [-0.4, -0.2) is 48.9 Å². The fourth-order valence-corrected chi connectivity index (χ4v) is 3.29. The zero-order valence-corrected chi connectivity index (χ0v) is 16.1. The predicted octanol–water partition coefficient (Wildman–Crippen LogP) is 2.32. The van der Waals surface area contributed by atoms with Gasteiger partial charge in [0.05, 0.1) is 20.2 Å². The minimum atomic E-state index is -0.320. The van der Waals surface area contributed by atoms with Gasteiger partial charge in [0.2, 0.25) is 17.7 Å². The average Bonchev–Trinajstić information content (AvgIpc) is 2.71. The molecule has 7 nitrogen and oxygen atoms in total. The molecule has 0 aromatic heterocycles. The van der Waals surface area contributed by atoms with Crippen molar-refractivity contribution in [1.29, 1.82) is 0 Å². The number of benzene rings is 1. The fraction of sp³-hybridized carbons (Fsp3) is 0.550. The second kappa shape index (κ2) is 10.5. The van der Waals surface area contributed by atoms with Gasteiger partial charge in [-0.1, -0.05) is 26.2 Å². The summed E-state index contributed by atoms with van der Waals surface area (Å²) in [6, 6.07) is 7.07. The Hall–Kier alpha value is -2.57. The van der Waals surface area contributed by atoms with Gasteiger partial charge in [0, 0.05) is 18.2 Å². The largest absolute Gasteiger partial charge is 0.497 e. The molecule has 0 spiro atoms. The van der Waals surface area contributed by atoms with Gasteiger partial charge in [0.25, 0.3) is 0 Å². The Morgan fingerprint density at radius 2 is 1.74 bits per heavy atom.